The van der Waals surface area contributed by atoms with E-state index < -0.39 is 11.8 Å². The molecule has 0 unspecified atom stereocenters. The molecule has 0 spiro atoms. The van der Waals surface area contributed by atoms with Crippen LogP contribution in [0, 0.1) is 6.92 Å². The van der Waals surface area contributed by atoms with Gasteiger partial charge < -0.3 is 24.8 Å². The Morgan fingerprint density at radius 2 is 1.51 bits per heavy atom. The van der Waals surface area contributed by atoms with Gasteiger partial charge in [0.05, 0.1) is 27.0 Å². The fourth-order valence-corrected chi connectivity index (χ4v) is 3.92. The fraction of sp³-hybridized carbons (Fsp3) is 0.148. The smallest absolute Gasteiger partial charge is 0.283 e. The monoisotopic (exact) mass is 521 g/mol. The second-order valence-corrected chi connectivity index (χ2v) is 8.39. The molecule has 10 heteroatoms. The molecule has 9 nitrogen and oxygen atoms in total. The molecule has 0 fully saturated rings. The summed E-state index contributed by atoms with van der Waals surface area (Å²) in [5.74, 6) is -0.291. The van der Waals surface area contributed by atoms with Crippen LogP contribution in [0.15, 0.2) is 71.4 Å². The van der Waals surface area contributed by atoms with Crippen LogP contribution in [0.5, 0.6) is 17.2 Å². The van der Waals surface area contributed by atoms with Crippen LogP contribution < -0.4 is 29.7 Å². The molecule has 0 atom stereocenters. The maximum atomic E-state index is 13.3. The highest BCUT2D eigenvalue weighted by Gasteiger charge is 2.40. The van der Waals surface area contributed by atoms with Crippen LogP contribution in [-0.2, 0) is 9.59 Å². The van der Waals surface area contributed by atoms with Gasteiger partial charge in [-0.3, -0.25) is 14.4 Å². The van der Waals surface area contributed by atoms with Gasteiger partial charge in [-0.2, -0.15) is 0 Å². The molecular weight excluding hydrogens is 498 g/mol. The number of methoxy groups -OCH3 is 3. The highest BCUT2D eigenvalue weighted by molar-refractivity contribution is 6.53. The molecule has 0 radical (unpaired) electrons. The number of carbonyl (C=O) groups excluding carboxylic acids is 3. The quantitative estimate of drug-likeness (QED) is 0.413. The van der Waals surface area contributed by atoms with E-state index in [1.54, 1.807) is 68.6 Å². The van der Waals surface area contributed by atoms with E-state index in [9.17, 15) is 14.4 Å². The highest BCUT2D eigenvalue weighted by Crippen LogP contribution is 2.38. The van der Waals surface area contributed by atoms with Crippen LogP contribution in [0.25, 0.3) is 0 Å². The zero-order valence-electron chi connectivity index (χ0n) is 20.5. The fourth-order valence-electron chi connectivity index (χ4n) is 3.71. The van der Waals surface area contributed by atoms with Gasteiger partial charge in [-0.15, -0.1) is 0 Å². The molecule has 4 rings (SSSR count). The lowest BCUT2D eigenvalue weighted by atomic mass is 10.1. The number of ether oxygens (including phenoxy) is 3. The average molecular weight is 522 g/mol. The SMILES string of the molecule is COc1ccc(NC(=O)c2ccc(C)c(NC3=C(Cl)C(=O)N(c4ccc(OC)cc4OC)C3=O)c2)cc1. The summed E-state index contributed by atoms with van der Waals surface area (Å²) in [5, 5.41) is 5.48. The van der Waals surface area contributed by atoms with Gasteiger partial charge >= 0.3 is 0 Å². The number of aryl methyl sites for hydroxylation is 1. The third-order valence-corrected chi connectivity index (χ3v) is 6.11. The van der Waals surface area contributed by atoms with Crippen molar-refractivity contribution in [3.05, 3.63) is 82.5 Å². The lowest BCUT2D eigenvalue weighted by molar-refractivity contribution is -0.120. The number of rotatable bonds is 8. The third-order valence-electron chi connectivity index (χ3n) is 5.76. The van der Waals surface area contributed by atoms with Crippen LogP contribution in [0.3, 0.4) is 0 Å². The molecule has 1 aliphatic heterocycles. The normalized spacial score (nSPS) is 13.1. The number of benzene rings is 3. The Hall–Kier alpha value is -4.50. The second kappa shape index (κ2) is 10.6. The third kappa shape index (κ3) is 5.07. The molecule has 190 valence electrons. The van der Waals surface area contributed by atoms with Crippen molar-refractivity contribution in [2.24, 2.45) is 0 Å². The predicted molar refractivity (Wildman–Crippen MR) is 141 cm³/mol. The molecular formula is C27H24ClN3O6. The first-order chi connectivity index (χ1) is 17.8. The maximum Gasteiger partial charge on any atom is 0.283 e. The Bertz CT molecular complexity index is 1420. The van der Waals surface area contributed by atoms with Crippen molar-refractivity contribution in [2.45, 2.75) is 6.92 Å². The topological polar surface area (TPSA) is 106 Å². The molecule has 3 aromatic rings. The van der Waals surface area contributed by atoms with Gasteiger partial charge in [-0.25, -0.2) is 4.90 Å². The van der Waals surface area contributed by atoms with Crippen LogP contribution >= 0.6 is 11.6 Å². The van der Waals surface area contributed by atoms with Gasteiger partial charge in [0, 0.05) is 23.0 Å². The summed E-state index contributed by atoms with van der Waals surface area (Å²) in [4.78, 5) is 40.0. The van der Waals surface area contributed by atoms with Crippen LogP contribution in [0.4, 0.5) is 17.1 Å². The van der Waals surface area contributed by atoms with E-state index >= 15 is 0 Å². The summed E-state index contributed by atoms with van der Waals surface area (Å²) in [6, 6.07) is 16.6. The minimum Gasteiger partial charge on any atom is -0.497 e. The van der Waals surface area contributed by atoms with E-state index in [2.05, 4.69) is 10.6 Å². The Morgan fingerprint density at radius 3 is 2.16 bits per heavy atom. The first-order valence-electron chi connectivity index (χ1n) is 11.1. The van der Waals surface area contributed by atoms with Crippen molar-refractivity contribution in [2.75, 3.05) is 36.9 Å². The van der Waals surface area contributed by atoms with E-state index in [1.807, 2.05) is 0 Å². The lowest BCUT2D eigenvalue weighted by Crippen LogP contribution is -2.32. The van der Waals surface area contributed by atoms with Crippen molar-refractivity contribution in [1.29, 1.82) is 0 Å². The summed E-state index contributed by atoms with van der Waals surface area (Å²) < 4.78 is 15.7. The van der Waals surface area contributed by atoms with Gasteiger partial charge in [-0.1, -0.05) is 17.7 Å². The lowest BCUT2D eigenvalue weighted by Gasteiger charge is -2.19. The molecule has 0 aromatic heterocycles. The second-order valence-electron chi connectivity index (χ2n) is 8.01. The van der Waals surface area contributed by atoms with E-state index in [0.29, 0.717) is 28.4 Å². The summed E-state index contributed by atoms with van der Waals surface area (Å²) in [6.45, 7) is 1.80. The molecule has 0 saturated carbocycles. The van der Waals surface area contributed by atoms with E-state index in [1.165, 1.54) is 20.3 Å². The van der Waals surface area contributed by atoms with Gasteiger partial charge in [0.2, 0.25) is 0 Å². The van der Waals surface area contributed by atoms with Gasteiger partial charge in [0.15, 0.2) is 0 Å². The molecule has 0 bridgehead atoms. The number of nitrogens with one attached hydrogen (secondary N) is 2. The first-order valence-corrected chi connectivity index (χ1v) is 11.5. The van der Waals surface area contributed by atoms with Crippen molar-refractivity contribution in [1.82, 2.24) is 0 Å². The number of hydrogen-bond donors (Lipinski definition) is 2. The van der Waals surface area contributed by atoms with Crippen molar-refractivity contribution in [3.8, 4) is 17.2 Å². The van der Waals surface area contributed by atoms with Crippen LogP contribution in [0.2, 0.25) is 0 Å². The average Bonchev–Trinajstić information content (AvgIpc) is 3.12. The number of carbonyl (C=O) groups is 3. The highest BCUT2D eigenvalue weighted by atomic mass is 35.5. The molecule has 2 N–H and O–H groups in total. The minimum absolute atomic E-state index is 0.111. The number of hydrogen-bond acceptors (Lipinski definition) is 7. The Morgan fingerprint density at radius 1 is 0.838 bits per heavy atom. The number of nitrogens with zero attached hydrogens (tertiary/aromatic N) is 1. The Kier molecular flexibility index (Phi) is 7.35. The largest absolute Gasteiger partial charge is 0.497 e. The van der Waals surface area contributed by atoms with E-state index in [4.69, 9.17) is 25.8 Å². The molecule has 1 heterocycles. The molecule has 1 aliphatic rings. The van der Waals surface area contributed by atoms with Crippen molar-refractivity contribution < 1.29 is 28.6 Å². The minimum atomic E-state index is -0.705. The number of imide groups is 1. The van der Waals surface area contributed by atoms with Gasteiger partial charge in [0.25, 0.3) is 17.7 Å². The van der Waals surface area contributed by atoms with Crippen LogP contribution in [0.1, 0.15) is 15.9 Å². The summed E-state index contributed by atoms with van der Waals surface area (Å²) in [7, 11) is 4.48. The number of halogens is 1. The van der Waals surface area contributed by atoms with Gasteiger partial charge in [-0.05, 0) is 61.0 Å². The standard InChI is InChI=1S/C27H24ClN3O6/c1-15-5-6-16(25(32)29-17-7-9-18(35-2)10-8-17)13-20(15)30-24-23(28)26(33)31(27(24)34)21-12-11-19(36-3)14-22(21)37-4/h5-14,30H,1-4H3,(H,29,32). The molecule has 3 aromatic carbocycles. The zero-order chi connectivity index (χ0) is 26.7. The van der Waals surface area contributed by atoms with E-state index in [0.717, 1.165) is 10.5 Å². The molecule has 3 amide bonds. The molecule has 0 aliphatic carbocycles. The first kappa shape index (κ1) is 25.6. The van der Waals surface area contributed by atoms with Crippen LogP contribution in [-0.4, -0.2) is 39.1 Å². The Balaban J connectivity index is 1.58. The van der Waals surface area contributed by atoms with E-state index in [-0.39, 0.29) is 28.1 Å². The predicted octanol–water partition coefficient (Wildman–Crippen LogP) is 4.71. The zero-order valence-corrected chi connectivity index (χ0v) is 21.3. The van der Waals surface area contributed by atoms with Crippen molar-refractivity contribution >= 4 is 46.4 Å². The summed E-state index contributed by atoms with van der Waals surface area (Å²) in [6.07, 6.45) is 0. The molecule has 37 heavy (non-hydrogen) atoms. The number of anilines is 3. The number of amides is 3. The molecule has 0 saturated heterocycles. The van der Waals surface area contributed by atoms with Gasteiger partial charge in [0.1, 0.15) is 28.0 Å². The summed E-state index contributed by atoms with van der Waals surface area (Å²) in [5.41, 5.74) is 2.22. The van der Waals surface area contributed by atoms with Crippen molar-refractivity contribution in [3.63, 3.8) is 0 Å². The maximum absolute atomic E-state index is 13.3. The summed E-state index contributed by atoms with van der Waals surface area (Å²) >= 11 is 6.31. The Labute approximate surface area is 218 Å².